The average molecular weight is 468 g/mol. The van der Waals surface area contributed by atoms with Crippen molar-refractivity contribution in [1.29, 1.82) is 0 Å². The van der Waals surface area contributed by atoms with Gasteiger partial charge in [0, 0.05) is 23.1 Å². The first-order chi connectivity index (χ1) is 15.7. The lowest BCUT2D eigenvalue weighted by Crippen LogP contribution is -2.27. The predicted molar refractivity (Wildman–Crippen MR) is 133 cm³/mol. The number of nitrogens with one attached hydrogen (secondary N) is 3. The maximum Gasteiger partial charge on any atom is 0.241 e. The number of carbonyl (C=O) groups is 1. The Balaban J connectivity index is 1.52. The van der Waals surface area contributed by atoms with Crippen molar-refractivity contribution in [3.63, 3.8) is 0 Å². The largest absolute Gasteiger partial charge is 0.491 e. The molecule has 33 heavy (non-hydrogen) atoms. The number of hydrogen-bond donors (Lipinski definition) is 3. The number of benzene rings is 3. The molecule has 0 fully saturated rings. The van der Waals surface area contributed by atoms with Gasteiger partial charge in [-0.25, -0.2) is 8.42 Å². The van der Waals surface area contributed by atoms with Crippen LogP contribution < -0.4 is 20.1 Å². The molecule has 0 spiro atoms. The summed E-state index contributed by atoms with van der Waals surface area (Å²) in [6.07, 6.45) is 0.0216. The second-order valence-electron chi connectivity index (χ2n) is 7.95. The summed E-state index contributed by atoms with van der Waals surface area (Å²) in [6, 6.07) is 23.8. The first-order valence-electron chi connectivity index (χ1n) is 10.7. The normalized spacial score (nSPS) is 12.1. The van der Waals surface area contributed by atoms with Crippen LogP contribution in [0, 0.1) is 0 Å². The van der Waals surface area contributed by atoms with Gasteiger partial charge in [0.15, 0.2) is 0 Å². The monoisotopic (exact) mass is 467 g/mol. The Bertz CT molecular complexity index is 1150. The van der Waals surface area contributed by atoms with Crippen molar-refractivity contribution >= 4 is 33.0 Å². The van der Waals surface area contributed by atoms with Crippen LogP contribution >= 0.6 is 0 Å². The van der Waals surface area contributed by atoms with E-state index in [-0.39, 0.29) is 12.1 Å². The lowest BCUT2D eigenvalue weighted by molar-refractivity contribution is -0.113. The Hall–Kier alpha value is -3.52. The first kappa shape index (κ1) is 24.1. The Labute approximate surface area is 195 Å². The SMILES string of the molecule is CC(C)Oc1ccc(NS(=O)(=O)CC(=O)Nc2ccc(NC(C)c3ccccc3)cc2)cc1. The van der Waals surface area contributed by atoms with Gasteiger partial charge in [-0.15, -0.1) is 0 Å². The molecule has 3 aromatic carbocycles. The average Bonchev–Trinajstić information content (AvgIpc) is 2.76. The van der Waals surface area contributed by atoms with Crippen LogP contribution in [-0.4, -0.2) is 26.2 Å². The van der Waals surface area contributed by atoms with E-state index in [1.807, 2.05) is 44.2 Å². The van der Waals surface area contributed by atoms with E-state index in [9.17, 15) is 13.2 Å². The predicted octanol–water partition coefficient (Wildman–Crippen LogP) is 5.03. The van der Waals surface area contributed by atoms with Crippen LogP contribution in [0.5, 0.6) is 5.75 Å². The van der Waals surface area contributed by atoms with E-state index in [0.717, 1.165) is 11.3 Å². The fraction of sp³-hybridized carbons (Fsp3) is 0.240. The van der Waals surface area contributed by atoms with Gasteiger partial charge >= 0.3 is 0 Å². The third-order valence-electron chi connectivity index (χ3n) is 4.67. The van der Waals surface area contributed by atoms with Crippen LogP contribution in [0.4, 0.5) is 17.1 Å². The molecule has 0 aliphatic rings. The van der Waals surface area contributed by atoms with Crippen LogP contribution in [0.1, 0.15) is 32.4 Å². The molecule has 0 aliphatic heterocycles. The maximum atomic E-state index is 12.4. The van der Waals surface area contributed by atoms with Crippen LogP contribution in [0.3, 0.4) is 0 Å². The topological polar surface area (TPSA) is 96.5 Å². The van der Waals surface area contributed by atoms with Crippen LogP contribution in [0.2, 0.25) is 0 Å². The Morgan fingerprint density at radius 1 is 0.818 bits per heavy atom. The van der Waals surface area contributed by atoms with Crippen molar-refractivity contribution in [1.82, 2.24) is 0 Å². The van der Waals surface area contributed by atoms with Crippen LogP contribution in [-0.2, 0) is 14.8 Å². The molecule has 174 valence electrons. The molecule has 0 heterocycles. The van der Waals surface area contributed by atoms with Crippen molar-refractivity contribution in [3.05, 3.63) is 84.4 Å². The van der Waals surface area contributed by atoms with Gasteiger partial charge in [0.05, 0.1) is 6.10 Å². The summed E-state index contributed by atoms with van der Waals surface area (Å²) in [5.74, 6) is -0.676. The summed E-state index contributed by atoms with van der Waals surface area (Å²) in [4.78, 5) is 12.3. The second-order valence-corrected chi connectivity index (χ2v) is 9.68. The molecule has 1 unspecified atom stereocenters. The Kier molecular flexibility index (Phi) is 7.95. The zero-order valence-electron chi connectivity index (χ0n) is 18.9. The third-order valence-corrected chi connectivity index (χ3v) is 5.86. The molecular weight excluding hydrogens is 438 g/mol. The highest BCUT2D eigenvalue weighted by atomic mass is 32.2. The van der Waals surface area contributed by atoms with Gasteiger partial charge in [-0.1, -0.05) is 30.3 Å². The van der Waals surface area contributed by atoms with E-state index in [1.54, 1.807) is 36.4 Å². The lowest BCUT2D eigenvalue weighted by atomic mass is 10.1. The highest BCUT2D eigenvalue weighted by Crippen LogP contribution is 2.21. The summed E-state index contributed by atoms with van der Waals surface area (Å²) in [5.41, 5.74) is 2.93. The minimum atomic E-state index is -3.86. The standard InChI is InChI=1S/C25H29N3O4S/c1-18(2)32-24-15-13-23(14-16-24)28-33(30,31)17-25(29)27-22-11-9-21(10-12-22)26-19(3)20-7-5-4-6-8-20/h4-16,18-19,26,28H,17H2,1-3H3,(H,27,29). The van der Waals surface area contributed by atoms with Crippen molar-refractivity contribution in [2.45, 2.75) is 32.9 Å². The molecule has 8 heteroatoms. The van der Waals surface area contributed by atoms with Crippen molar-refractivity contribution in [2.75, 3.05) is 21.1 Å². The molecule has 1 amide bonds. The number of anilines is 3. The number of carbonyl (C=O) groups excluding carboxylic acids is 1. The van der Waals surface area contributed by atoms with E-state index >= 15 is 0 Å². The molecule has 1 atom stereocenters. The first-order valence-corrected chi connectivity index (χ1v) is 12.3. The molecule has 0 bridgehead atoms. The van der Waals surface area contributed by atoms with Crippen LogP contribution in [0.15, 0.2) is 78.9 Å². The summed E-state index contributed by atoms with van der Waals surface area (Å²) in [6.45, 7) is 5.88. The number of hydrogen-bond acceptors (Lipinski definition) is 5. The zero-order valence-corrected chi connectivity index (χ0v) is 19.7. The van der Waals surface area contributed by atoms with Gasteiger partial charge < -0.3 is 15.4 Å². The summed E-state index contributed by atoms with van der Waals surface area (Å²) < 4.78 is 32.7. The van der Waals surface area contributed by atoms with E-state index in [0.29, 0.717) is 17.1 Å². The molecule has 7 nitrogen and oxygen atoms in total. The van der Waals surface area contributed by atoms with Gasteiger partial charge in [0.25, 0.3) is 0 Å². The lowest BCUT2D eigenvalue weighted by Gasteiger charge is -2.16. The molecule has 0 aromatic heterocycles. The molecular formula is C25H29N3O4S. The number of sulfonamides is 1. The quantitative estimate of drug-likeness (QED) is 0.389. The number of ether oxygens (including phenoxy) is 1. The van der Waals surface area contributed by atoms with E-state index in [4.69, 9.17) is 4.74 Å². The minimum Gasteiger partial charge on any atom is -0.491 e. The highest BCUT2D eigenvalue weighted by Gasteiger charge is 2.17. The van der Waals surface area contributed by atoms with Gasteiger partial charge in [-0.2, -0.15) is 0 Å². The molecule has 3 rings (SSSR count). The van der Waals surface area contributed by atoms with Crippen molar-refractivity contribution in [3.8, 4) is 5.75 Å². The Morgan fingerprint density at radius 2 is 1.39 bits per heavy atom. The van der Waals surface area contributed by atoms with Crippen molar-refractivity contribution in [2.24, 2.45) is 0 Å². The van der Waals surface area contributed by atoms with Gasteiger partial charge in [0.2, 0.25) is 15.9 Å². The molecule has 0 radical (unpaired) electrons. The maximum absolute atomic E-state index is 12.4. The smallest absolute Gasteiger partial charge is 0.241 e. The van der Waals surface area contributed by atoms with Gasteiger partial charge in [0.1, 0.15) is 11.5 Å². The summed E-state index contributed by atoms with van der Waals surface area (Å²) in [7, 11) is -3.86. The fourth-order valence-electron chi connectivity index (χ4n) is 3.18. The summed E-state index contributed by atoms with van der Waals surface area (Å²) >= 11 is 0. The van der Waals surface area contributed by atoms with Crippen LogP contribution in [0.25, 0.3) is 0 Å². The van der Waals surface area contributed by atoms with E-state index < -0.39 is 21.7 Å². The second kappa shape index (κ2) is 10.9. The molecule has 3 N–H and O–H groups in total. The molecule has 0 aliphatic carbocycles. The number of rotatable bonds is 10. The van der Waals surface area contributed by atoms with Gasteiger partial charge in [-0.05, 0) is 74.9 Å². The zero-order chi connectivity index (χ0) is 23.8. The Morgan fingerprint density at radius 3 is 2.00 bits per heavy atom. The summed E-state index contributed by atoms with van der Waals surface area (Å²) in [5, 5.41) is 6.01. The molecule has 3 aromatic rings. The molecule has 0 saturated heterocycles. The van der Waals surface area contributed by atoms with E-state index in [1.165, 1.54) is 0 Å². The third kappa shape index (κ3) is 7.84. The minimum absolute atomic E-state index is 0.0216. The highest BCUT2D eigenvalue weighted by molar-refractivity contribution is 7.93. The molecule has 0 saturated carbocycles. The number of amides is 1. The van der Waals surface area contributed by atoms with Crippen molar-refractivity contribution < 1.29 is 17.9 Å². The van der Waals surface area contributed by atoms with Gasteiger partial charge in [-0.3, -0.25) is 9.52 Å². The van der Waals surface area contributed by atoms with E-state index in [2.05, 4.69) is 34.4 Å². The fourth-order valence-corrected chi connectivity index (χ4v) is 4.17.